The summed E-state index contributed by atoms with van der Waals surface area (Å²) in [6, 6.07) is 0. The molecule has 0 amide bonds. The largest absolute Gasteiger partial charge is 0.394 e. The predicted octanol–water partition coefficient (Wildman–Crippen LogP) is 7.06. The third kappa shape index (κ3) is 9.14. The molecule has 0 aromatic carbocycles. The van der Waals surface area contributed by atoms with Crippen LogP contribution in [0.15, 0.2) is 0 Å². The van der Waals surface area contributed by atoms with E-state index in [2.05, 4.69) is 34.6 Å². The first kappa shape index (κ1) is 34.8. The molecule has 0 radical (unpaired) electrons. The zero-order valence-corrected chi connectivity index (χ0v) is 25.1. The highest BCUT2D eigenvalue weighted by Crippen LogP contribution is 2.54. The van der Waals surface area contributed by atoms with Gasteiger partial charge in [-0.25, -0.2) is 0 Å². The molecule has 0 aromatic heterocycles. The van der Waals surface area contributed by atoms with Crippen LogP contribution in [0.5, 0.6) is 0 Å². The monoisotopic (exact) mass is 530 g/mol. The first-order valence-corrected chi connectivity index (χ1v) is 15.8. The van der Waals surface area contributed by atoms with E-state index in [4.69, 9.17) is 14.2 Å². The summed E-state index contributed by atoms with van der Waals surface area (Å²) in [5.41, 5.74) is -2.79. The average molecular weight is 531 g/mol. The van der Waals surface area contributed by atoms with E-state index in [1.807, 2.05) is 0 Å². The van der Waals surface area contributed by atoms with Gasteiger partial charge in [-0.1, -0.05) is 112 Å². The second-order valence-corrected chi connectivity index (χ2v) is 11.3. The van der Waals surface area contributed by atoms with E-state index in [1.165, 1.54) is 0 Å². The second kappa shape index (κ2) is 18.9. The summed E-state index contributed by atoms with van der Waals surface area (Å²) in [5.74, 6) is -1.22. The van der Waals surface area contributed by atoms with Crippen molar-refractivity contribution in [1.82, 2.24) is 0 Å². The van der Waals surface area contributed by atoms with E-state index in [0.717, 1.165) is 96.3 Å². The van der Waals surface area contributed by atoms with Crippen molar-refractivity contribution in [2.24, 2.45) is 0 Å². The lowest BCUT2D eigenvalue weighted by atomic mass is 9.63. The molecule has 37 heavy (non-hydrogen) atoms. The van der Waals surface area contributed by atoms with Gasteiger partial charge in [-0.3, -0.25) is 0 Å². The molecule has 1 fully saturated rings. The Balaban J connectivity index is 3.70. The number of rotatable bonds is 23. The Labute approximate surface area is 228 Å². The van der Waals surface area contributed by atoms with E-state index < -0.39 is 29.2 Å². The zero-order chi connectivity index (χ0) is 27.6. The third-order valence-corrected chi connectivity index (χ3v) is 8.26. The molecule has 1 aliphatic rings. The minimum atomic E-state index is -1.58. The molecule has 1 saturated heterocycles. The van der Waals surface area contributed by atoms with Crippen LogP contribution in [0.3, 0.4) is 0 Å². The predicted molar refractivity (Wildman–Crippen MR) is 152 cm³/mol. The molecular formula is C31H62O6. The maximum atomic E-state index is 12.7. The fourth-order valence-corrected chi connectivity index (χ4v) is 6.03. The van der Waals surface area contributed by atoms with Crippen molar-refractivity contribution in [3.8, 4) is 0 Å². The van der Waals surface area contributed by atoms with Crippen molar-refractivity contribution in [1.29, 1.82) is 0 Å². The summed E-state index contributed by atoms with van der Waals surface area (Å²) >= 11 is 0. The second-order valence-electron chi connectivity index (χ2n) is 11.3. The Morgan fingerprint density at radius 2 is 1.08 bits per heavy atom. The third-order valence-electron chi connectivity index (χ3n) is 8.26. The lowest BCUT2D eigenvalue weighted by Crippen LogP contribution is -2.80. The summed E-state index contributed by atoms with van der Waals surface area (Å²) in [7, 11) is 0. The number of hydrogen-bond donors (Lipinski definition) is 3. The van der Waals surface area contributed by atoms with Crippen LogP contribution in [0.1, 0.15) is 150 Å². The number of hydrogen-bond acceptors (Lipinski definition) is 6. The molecule has 1 rings (SSSR count). The van der Waals surface area contributed by atoms with Crippen molar-refractivity contribution >= 4 is 0 Å². The van der Waals surface area contributed by atoms with Crippen molar-refractivity contribution in [2.45, 2.75) is 179 Å². The van der Waals surface area contributed by atoms with Crippen LogP contribution < -0.4 is 0 Å². The molecule has 6 nitrogen and oxygen atoms in total. The maximum Gasteiger partial charge on any atom is 0.201 e. The van der Waals surface area contributed by atoms with E-state index in [0.29, 0.717) is 32.5 Å². The number of aliphatic hydroxyl groups is 3. The first-order valence-electron chi connectivity index (χ1n) is 15.8. The molecule has 1 aliphatic heterocycles. The summed E-state index contributed by atoms with van der Waals surface area (Å²) in [6.45, 7) is 11.5. The van der Waals surface area contributed by atoms with Gasteiger partial charge in [-0.05, 0) is 32.1 Å². The van der Waals surface area contributed by atoms with Gasteiger partial charge in [0.25, 0.3) is 0 Å². The Hall–Kier alpha value is -0.240. The first-order chi connectivity index (χ1) is 17.9. The molecule has 0 aliphatic carbocycles. The van der Waals surface area contributed by atoms with E-state index >= 15 is 0 Å². The Morgan fingerprint density at radius 3 is 1.59 bits per heavy atom. The molecule has 0 bridgehead atoms. The lowest BCUT2D eigenvalue weighted by molar-refractivity contribution is -0.439. The molecular weight excluding hydrogens is 468 g/mol. The smallest absolute Gasteiger partial charge is 0.201 e. The molecule has 3 N–H and O–H groups in total. The summed E-state index contributed by atoms with van der Waals surface area (Å²) in [6.07, 6.45) is 14.0. The van der Waals surface area contributed by atoms with Gasteiger partial charge in [0.05, 0.1) is 13.2 Å². The normalized spacial score (nSPS) is 30.2. The standard InChI is InChI=1S/C31H62O6/c1-6-11-16-21-29(34)28(33)27(26-32)37-31(23-18-13-8-3,36-25-20-15-10-5)30(29,22-17-12-7-2)35-24-19-14-9-4/h27-28,32-34H,6-26H2,1-5H3/t27-,28-,29+,30+,31+/m1/s1. The Kier molecular flexibility index (Phi) is 17.8. The van der Waals surface area contributed by atoms with Crippen LogP contribution >= 0.6 is 0 Å². The number of aliphatic hydroxyl groups excluding tert-OH is 2. The van der Waals surface area contributed by atoms with E-state index in [9.17, 15) is 15.3 Å². The fourth-order valence-electron chi connectivity index (χ4n) is 6.03. The van der Waals surface area contributed by atoms with Crippen LogP contribution in [-0.4, -0.2) is 64.3 Å². The number of ether oxygens (including phenoxy) is 3. The molecule has 0 spiro atoms. The van der Waals surface area contributed by atoms with Crippen LogP contribution in [0.4, 0.5) is 0 Å². The van der Waals surface area contributed by atoms with Crippen LogP contribution in [-0.2, 0) is 14.2 Å². The maximum absolute atomic E-state index is 12.7. The van der Waals surface area contributed by atoms with Gasteiger partial charge in [0, 0.05) is 13.0 Å². The fraction of sp³-hybridized carbons (Fsp3) is 1.00. The van der Waals surface area contributed by atoms with Gasteiger partial charge in [0.1, 0.15) is 17.8 Å². The van der Waals surface area contributed by atoms with Gasteiger partial charge >= 0.3 is 0 Å². The van der Waals surface area contributed by atoms with Crippen LogP contribution in [0.25, 0.3) is 0 Å². The highest BCUT2D eigenvalue weighted by molar-refractivity contribution is 5.18. The van der Waals surface area contributed by atoms with Gasteiger partial charge in [-0.15, -0.1) is 0 Å². The summed E-state index contributed by atoms with van der Waals surface area (Å²) in [5, 5.41) is 34.6. The minimum absolute atomic E-state index is 0.369. The lowest BCUT2D eigenvalue weighted by Gasteiger charge is -2.63. The van der Waals surface area contributed by atoms with Gasteiger partial charge in [-0.2, -0.15) is 0 Å². The zero-order valence-electron chi connectivity index (χ0n) is 25.1. The molecule has 0 saturated carbocycles. The Morgan fingerprint density at radius 1 is 0.622 bits per heavy atom. The molecule has 0 unspecified atom stereocenters. The molecule has 0 aromatic rings. The Bertz CT molecular complexity index is 560. The van der Waals surface area contributed by atoms with Gasteiger partial charge in [0.2, 0.25) is 5.79 Å². The SMILES string of the molecule is CCCCCO[C@@]1(CCCCC)O[C@H](CO)[C@@H](O)[C@@](O)(CCCCC)[C@]1(CCCCC)OCCCCC. The topological polar surface area (TPSA) is 88.4 Å². The summed E-state index contributed by atoms with van der Waals surface area (Å²) in [4.78, 5) is 0. The van der Waals surface area contributed by atoms with Crippen molar-refractivity contribution < 1.29 is 29.5 Å². The van der Waals surface area contributed by atoms with Gasteiger partial charge in [0.15, 0.2) is 5.60 Å². The molecule has 1 heterocycles. The van der Waals surface area contributed by atoms with Crippen molar-refractivity contribution in [2.75, 3.05) is 19.8 Å². The molecule has 5 atom stereocenters. The van der Waals surface area contributed by atoms with Crippen LogP contribution in [0.2, 0.25) is 0 Å². The quantitative estimate of drug-likeness (QED) is 0.123. The highest BCUT2D eigenvalue weighted by Gasteiger charge is 2.72. The minimum Gasteiger partial charge on any atom is -0.394 e. The van der Waals surface area contributed by atoms with Gasteiger partial charge < -0.3 is 29.5 Å². The van der Waals surface area contributed by atoms with Crippen molar-refractivity contribution in [3.05, 3.63) is 0 Å². The van der Waals surface area contributed by atoms with E-state index in [1.54, 1.807) is 0 Å². The molecule has 222 valence electrons. The molecule has 6 heteroatoms. The number of unbranched alkanes of at least 4 members (excludes halogenated alkanes) is 10. The highest BCUT2D eigenvalue weighted by atomic mass is 16.7. The summed E-state index contributed by atoms with van der Waals surface area (Å²) < 4.78 is 20.3. The van der Waals surface area contributed by atoms with Crippen molar-refractivity contribution in [3.63, 3.8) is 0 Å². The average Bonchev–Trinajstić information content (AvgIpc) is 2.90. The van der Waals surface area contributed by atoms with E-state index in [-0.39, 0.29) is 6.61 Å². The van der Waals surface area contributed by atoms with Crippen LogP contribution in [0, 0.1) is 0 Å².